The van der Waals surface area contributed by atoms with Crippen LogP contribution in [0.2, 0.25) is 0 Å². The standard InChI is InChI=1S/C91H162N4O41/c1-6-8-10-12-14-16-18-20-21-22-23-24-25-27-29-31-33-35-37-39-62(109)95-52(53(106)38-36-34-32-30-28-26-19-17-15-13-11-9-7-2)48-123-86-73(117)72(116)78(61(47-102)129-86)131-88-74(118)81(68(112)57(43-98)126-88)133-84-64(93-50(4)104)71(115)77(60(46-101)128-84)130-87-75(119)82(69(113)58(44-99)125-87)134-85-65(94-51(5)105)79(67(111)56(42-97)124-85)132-89-76(120)83(70(114)59(45-100)127-89)136-91(90(121)122)40-54(107)63(92-49(3)103)80(135-91)66(110)55(108)41-96/h36,38,52-61,63-89,96-102,106-108,110-120H,6-35,37,39-48H2,1-5H3,(H,92,103)(H,93,104)(H,94,105)(H,95,109)(H,121,122)/b38-36+/t52-,53+,54?,55+,56?,57?,58?,59?,60?,61?,63+,64?,65?,66+,67+,68-,69-,70-,71+,72+,73?,74?,75?,76?,77+,78+,79+,80?,81-,82-,83-,84-,85-,86+,87-,88-,89-,91-/m0/s1. The molecule has 26 N–H and O–H groups in total. The highest BCUT2D eigenvalue weighted by atomic mass is 16.8. The normalized spacial score (nSPS) is 36.6. The third kappa shape index (κ3) is 35.0. The van der Waals surface area contributed by atoms with Gasteiger partial charge in [0, 0.05) is 33.6 Å². The molecule has 0 bridgehead atoms. The lowest BCUT2D eigenvalue weighted by atomic mass is 9.88. The average Bonchev–Trinajstić information content (AvgIpc) is 0.748. The van der Waals surface area contributed by atoms with E-state index in [4.69, 9.17) is 66.3 Å². The molecule has 0 aromatic rings. The lowest BCUT2D eigenvalue weighted by Gasteiger charge is -2.51. The molecule has 792 valence electrons. The summed E-state index contributed by atoms with van der Waals surface area (Å²) in [6, 6.07) is -6.74. The molecule has 7 saturated heterocycles. The van der Waals surface area contributed by atoms with Crippen molar-refractivity contribution in [3.05, 3.63) is 12.2 Å². The number of ether oxygens (including phenoxy) is 14. The van der Waals surface area contributed by atoms with Crippen molar-refractivity contribution in [3.8, 4) is 0 Å². The summed E-state index contributed by atoms with van der Waals surface area (Å²) in [5, 5.41) is 258. The minimum absolute atomic E-state index is 0.151. The van der Waals surface area contributed by atoms with Gasteiger partial charge in [-0.15, -0.1) is 0 Å². The molecule has 7 aliphatic rings. The Bertz CT molecular complexity index is 3380. The summed E-state index contributed by atoms with van der Waals surface area (Å²) in [6.07, 6.45) is -30.4. The molecule has 45 nitrogen and oxygen atoms in total. The number of carbonyl (C=O) groups excluding carboxylic acids is 4. The monoisotopic (exact) mass is 1970 g/mol. The Morgan fingerprint density at radius 3 is 1.15 bits per heavy atom. The summed E-state index contributed by atoms with van der Waals surface area (Å²) in [5.74, 6) is -8.53. The highest BCUT2D eigenvalue weighted by Crippen LogP contribution is 2.42. The van der Waals surface area contributed by atoms with Crippen LogP contribution in [0, 0.1) is 0 Å². The number of carboxylic acid groups (broad SMARTS) is 1. The van der Waals surface area contributed by atoms with Crippen LogP contribution in [0.3, 0.4) is 0 Å². The minimum atomic E-state index is -3.28. The van der Waals surface area contributed by atoms with Crippen LogP contribution in [0.1, 0.15) is 247 Å². The first-order valence-corrected chi connectivity index (χ1v) is 49.1. The van der Waals surface area contributed by atoms with Gasteiger partial charge in [-0.1, -0.05) is 206 Å². The van der Waals surface area contributed by atoms with Crippen LogP contribution in [-0.2, 0) is 90.3 Å². The number of allylic oxidation sites excluding steroid dienone is 1. The molecule has 45 heteroatoms. The number of amides is 4. The zero-order valence-electron chi connectivity index (χ0n) is 79.1. The van der Waals surface area contributed by atoms with Crippen LogP contribution in [0.15, 0.2) is 12.2 Å². The van der Waals surface area contributed by atoms with Crippen molar-refractivity contribution >= 4 is 29.6 Å². The lowest BCUT2D eigenvalue weighted by Crippen LogP contribution is -2.72. The molecular formula is C91H162N4O41. The first-order chi connectivity index (χ1) is 65.1. The molecular weight excluding hydrogens is 1800 g/mol. The highest BCUT2D eigenvalue weighted by molar-refractivity contribution is 5.77. The summed E-state index contributed by atoms with van der Waals surface area (Å²) in [5.41, 5.74) is 0. The average molecular weight is 1970 g/mol. The zero-order valence-corrected chi connectivity index (χ0v) is 79.1. The van der Waals surface area contributed by atoms with Crippen LogP contribution in [0.25, 0.3) is 0 Å². The predicted octanol–water partition coefficient (Wildman–Crippen LogP) is -3.69. The van der Waals surface area contributed by atoms with Crippen molar-refractivity contribution < 1.29 is 203 Å². The van der Waals surface area contributed by atoms with Crippen molar-refractivity contribution in [1.29, 1.82) is 0 Å². The van der Waals surface area contributed by atoms with Gasteiger partial charge in [0.1, 0.15) is 165 Å². The number of aliphatic carboxylic acids is 1. The summed E-state index contributed by atoms with van der Waals surface area (Å²) in [6.45, 7) is -1.04. The smallest absolute Gasteiger partial charge is 0.364 e. The molecule has 7 rings (SSSR count). The van der Waals surface area contributed by atoms with E-state index in [2.05, 4.69) is 35.1 Å². The fourth-order valence-corrected chi connectivity index (χ4v) is 18.4. The van der Waals surface area contributed by atoms with Crippen LogP contribution in [0.5, 0.6) is 0 Å². The Labute approximate surface area is 794 Å². The Morgan fingerprint density at radius 2 is 0.728 bits per heavy atom. The van der Waals surface area contributed by atoms with E-state index in [0.717, 1.165) is 72.1 Å². The molecule has 7 fully saturated rings. The second-order valence-corrected chi connectivity index (χ2v) is 37.0. The Kier molecular flexibility index (Phi) is 53.9. The molecule has 0 spiro atoms. The summed E-state index contributed by atoms with van der Waals surface area (Å²) in [7, 11) is 0. The SMILES string of the molecule is CCCCCCCCCCCCC/C=C/[C@@H](O)[C@H](CO[C@@H]1OC(CO)[C@@H](O[C@@H]2OC(CO)[C@H](O)[C@H](O[C@@H]3OC(CO)[C@@H](O[C@@H]4OC(CO)[C@H](O)[C@H](O[C@@H]5OC(CO)[C@@H](O)[C@H](O[C@@H]6OC(CO)[C@H](O)[C@H](O[C@]7(C(=O)O)CC(O)[C@@H](NC(C)=O)C([C@H](O)[C@H](O)CO)O7)C6O)C5NC(C)=O)C4O)[C@H](O)C3NC(C)=O)C2O)[C@H](O)C1O)NC(=O)CCCCCCCCCCCCCCCCCCCCC. The predicted molar refractivity (Wildman–Crippen MR) is 474 cm³/mol. The van der Waals surface area contributed by atoms with Crippen LogP contribution >= 0.6 is 0 Å². The van der Waals surface area contributed by atoms with Crippen molar-refractivity contribution in [3.63, 3.8) is 0 Å². The first-order valence-electron chi connectivity index (χ1n) is 49.1. The van der Waals surface area contributed by atoms with E-state index >= 15 is 0 Å². The molecule has 0 saturated carbocycles. The van der Waals surface area contributed by atoms with Gasteiger partial charge in [0.25, 0.3) is 5.79 Å². The quantitative estimate of drug-likeness (QED) is 0.0206. The molecule has 38 atom stereocenters. The van der Waals surface area contributed by atoms with Gasteiger partial charge in [-0.25, -0.2) is 4.79 Å². The second kappa shape index (κ2) is 61.7. The summed E-state index contributed by atoms with van der Waals surface area (Å²) in [4.78, 5) is 65.5. The number of carboxylic acids is 1. The Balaban J connectivity index is 1.01. The largest absolute Gasteiger partial charge is 0.477 e. The van der Waals surface area contributed by atoms with E-state index in [9.17, 15) is 136 Å². The number of rotatable bonds is 63. The minimum Gasteiger partial charge on any atom is -0.477 e. The van der Waals surface area contributed by atoms with Gasteiger partial charge in [-0.3, -0.25) is 19.2 Å². The van der Waals surface area contributed by atoms with Crippen LogP contribution in [-0.4, -0.2) is 427 Å². The van der Waals surface area contributed by atoms with Gasteiger partial charge in [0.2, 0.25) is 23.6 Å². The second-order valence-electron chi connectivity index (χ2n) is 37.0. The van der Waals surface area contributed by atoms with E-state index in [-0.39, 0.29) is 12.3 Å². The van der Waals surface area contributed by atoms with E-state index in [1.165, 1.54) is 135 Å². The first kappa shape index (κ1) is 119. The van der Waals surface area contributed by atoms with E-state index in [1.807, 2.05) is 6.08 Å². The van der Waals surface area contributed by atoms with Gasteiger partial charge >= 0.3 is 5.97 Å². The van der Waals surface area contributed by atoms with Crippen molar-refractivity contribution in [1.82, 2.24) is 21.3 Å². The maximum atomic E-state index is 13.6. The van der Waals surface area contributed by atoms with Gasteiger partial charge in [0.05, 0.1) is 77.1 Å². The topological polar surface area (TPSA) is 708 Å². The number of hydrogen-bond acceptors (Lipinski definition) is 40. The summed E-state index contributed by atoms with van der Waals surface area (Å²) >= 11 is 0. The summed E-state index contributed by atoms with van der Waals surface area (Å²) < 4.78 is 83.3. The molecule has 0 radical (unpaired) electrons. The molecule has 4 amide bonds. The van der Waals surface area contributed by atoms with E-state index in [1.54, 1.807) is 6.08 Å². The van der Waals surface area contributed by atoms with Crippen LogP contribution in [0.4, 0.5) is 0 Å². The van der Waals surface area contributed by atoms with E-state index in [0.29, 0.717) is 12.8 Å². The van der Waals surface area contributed by atoms with E-state index < -0.39 is 315 Å². The number of unbranched alkanes of at least 4 members (excludes halogenated alkanes) is 29. The van der Waals surface area contributed by atoms with Crippen molar-refractivity contribution in [2.75, 3.05) is 52.9 Å². The number of hydrogen-bond donors (Lipinski definition) is 26. The molecule has 0 aliphatic carbocycles. The fraction of sp³-hybridized carbons (Fsp3) is 0.923. The number of carbonyl (C=O) groups is 5. The molecule has 136 heavy (non-hydrogen) atoms. The van der Waals surface area contributed by atoms with Gasteiger partial charge < -0.3 is 200 Å². The van der Waals surface area contributed by atoms with Crippen molar-refractivity contribution in [2.24, 2.45) is 0 Å². The molecule has 0 aromatic carbocycles. The maximum absolute atomic E-state index is 13.6. The third-order valence-electron chi connectivity index (χ3n) is 26.2. The Morgan fingerprint density at radius 1 is 0.382 bits per heavy atom. The zero-order chi connectivity index (χ0) is 99.9. The fourth-order valence-electron chi connectivity index (χ4n) is 18.4. The molecule has 7 heterocycles. The van der Waals surface area contributed by atoms with Crippen LogP contribution < -0.4 is 21.3 Å². The maximum Gasteiger partial charge on any atom is 0.364 e. The molecule has 14 unspecified atom stereocenters. The van der Waals surface area contributed by atoms with Gasteiger partial charge in [-0.2, -0.15) is 0 Å². The molecule has 0 aromatic heterocycles. The number of aliphatic hydroxyl groups is 21. The lowest BCUT2D eigenvalue weighted by molar-refractivity contribution is -0.391. The third-order valence-corrected chi connectivity index (χ3v) is 26.2. The van der Waals surface area contributed by atoms with Gasteiger partial charge in [-0.05, 0) is 19.3 Å². The molecule has 7 aliphatic heterocycles. The number of aliphatic hydroxyl groups excluding tert-OH is 21. The number of nitrogens with one attached hydrogen (secondary N) is 4. The van der Waals surface area contributed by atoms with Gasteiger partial charge in [0.15, 0.2) is 37.7 Å². The highest BCUT2D eigenvalue weighted by Gasteiger charge is 2.63. The Hall–Kier alpha value is -4.31. The van der Waals surface area contributed by atoms with Crippen molar-refractivity contribution in [2.45, 2.75) is 479 Å².